The number of rotatable bonds is 1. The number of nitrogens with zero attached hydrogens (tertiary/aromatic N) is 2. The molecule has 0 spiro atoms. The minimum absolute atomic E-state index is 0.592. The van der Waals surface area contributed by atoms with Gasteiger partial charge in [-0.15, -0.1) is 0 Å². The van der Waals surface area contributed by atoms with Gasteiger partial charge in [-0.1, -0.05) is 0 Å². The van der Waals surface area contributed by atoms with Crippen molar-refractivity contribution in [3.05, 3.63) is 35.7 Å². The fourth-order valence-electron chi connectivity index (χ4n) is 2.43. The summed E-state index contributed by atoms with van der Waals surface area (Å²) in [5.41, 5.74) is 3.74. The summed E-state index contributed by atoms with van der Waals surface area (Å²) < 4.78 is 1.98. The first-order chi connectivity index (χ1) is 7.83. The van der Waals surface area contributed by atoms with E-state index < -0.39 is 0 Å². The van der Waals surface area contributed by atoms with Crippen LogP contribution in [0, 0.1) is 6.92 Å². The van der Waals surface area contributed by atoms with Gasteiger partial charge >= 0.3 is 0 Å². The standard InChI is InChI=1S/C13H17N3/c1-10-4-6-16-12(7-10)8-13(15-16)11-3-2-5-14-9-11/h4,6-8,11,14H,2-3,5,9H2,1H3. The smallest absolute Gasteiger partial charge is 0.0678 e. The molecule has 1 atom stereocenters. The summed E-state index contributed by atoms with van der Waals surface area (Å²) in [5, 5.41) is 8.09. The summed E-state index contributed by atoms with van der Waals surface area (Å²) in [4.78, 5) is 0. The van der Waals surface area contributed by atoms with Crippen LogP contribution >= 0.6 is 0 Å². The molecule has 3 rings (SSSR count). The summed E-state index contributed by atoms with van der Waals surface area (Å²) in [6, 6.07) is 6.51. The molecule has 0 radical (unpaired) electrons. The average molecular weight is 215 g/mol. The number of aromatic nitrogens is 2. The molecule has 0 saturated carbocycles. The maximum Gasteiger partial charge on any atom is 0.0678 e. The van der Waals surface area contributed by atoms with E-state index in [1.54, 1.807) is 0 Å². The fraction of sp³-hybridized carbons (Fsp3) is 0.462. The van der Waals surface area contributed by atoms with E-state index in [2.05, 4.69) is 35.5 Å². The summed E-state index contributed by atoms with van der Waals surface area (Å²) in [6.45, 7) is 4.35. The molecule has 1 saturated heterocycles. The summed E-state index contributed by atoms with van der Waals surface area (Å²) in [7, 11) is 0. The zero-order valence-electron chi connectivity index (χ0n) is 9.61. The van der Waals surface area contributed by atoms with Gasteiger partial charge in [0.1, 0.15) is 0 Å². The van der Waals surface area contributed by atoms with Crippen LogP contribution in [0.4, 0.5) is 0 Å². The third-order valence-electron chi connectivity index (χ3n) is 3.35. The maximum absolute atomic E-state index is 4.65. The lowest BCUT2D eigenvalue weighted by Gasteiger charge is -2.20. The summed E-state index contributed by atoms with van der Waals surface area (Å²) in [5.74, 6) is 0.592. The van der Waals surface area contributed by atoms with Crippen LogP contribution in [0.25, 0.3) is 5.52 Å². The summed E-state index contributed by atoms with van der Waals surface area (Å²) >= 11 is 0. The van der Waals surface area contributed by atoms with Crippen LogP contribution in [-0.4, -0.2) is 22.7 Å². The maximum atomic E-state index is 4.65. The highest BCUT2D eigenvalue weighted by atomic mass is 15.2. The van der Waals surface area contributed by atoms with Gasteiger partial charge in [0.05, 0.1) is 11.2 Å². The van der Waals surface area contributed by atoms with Crippen LogP contribution in [0.1, 0.15) is 30.0 Å². The molecule has 1 aliphatic rings. The molecule has 1 N–H and O–H groups in total. The topological polar surface area (TPSA) is 29.3 Å². The number of hydrogen-bond donors (Lipinski definition) is 1. The molecule has 3 heteroatoms. The van der Waals surface area contributed by atoms with Gasteiger partial charge in [0.15, 0.2) is 0 Å². The normalized spacial score (nSPS) is 21.4. The predicted molar refractivity (Wildman–Crippen MR) is 64.8 cm³/mol. The molecule has 2 aromatic heterocycles. The molecule has 1 aliphatic heterocycles. The van der Waals surface area contributed by atoms with E-state index in [0.717, 1.165) is 13.1 Å². The Labute approximate surface area is 95.5 Å². The Morgan fingerprint density at radius 3 is 3.19 bits per heavy atom. The lowest BCUT2D eigenvalue weighted by molar-refractivity contribution is 0.453. The van der Waals surface area contributed by atoms with Crippen molar-refractivity contribution in [2.24, 2.45) is 0 Å². The second kappa shape index (κ2) is 3.91. The van der Waals surface area contributed by atoms with E-state index >= 15 is 0 Å². The van der Waals surface area contributed by atoms with Crippen LogP contribution in [0.5, 0.6) is 0 Å². The highest BCUT2D eigenvalue weighted by Crippen LogP contribution is 2.23. The fourth-order valence-corrected chi connectivity index (χ4v) is 2.43. The highest BCUT2D eigenvalue weighted by Gasteiger charge is 2.17. The van der Waals surface area contributed by atoms with Gasteiger partial charge in [-0.3, -0.25) is 0 Å². The molecule has 16 heavy (non-hydrogen) atoms. The Kier molecular flexibility index (Phi) is 2.40. The van der Waals surface area contributed by atoms with Crippen molar-refractivity contribution in [2.75, 3.05) is 13.1 Å². The van der Waals surface area contributed by atoms with Gasteiger partial charge in [-0.2, -0.15) is 5.10 Å². The molecule has 84 valence electrons. The van der Waals surface area contributed by atoms with Crippen molar-refractivity contribution in [3.8, 4) is 0 Å². The van der Waals surface area contributed by atoms with Gasteiger partial charge in [0, 0.05) is 18.7 Å². The first-order valence-corrected chi connectivity index (χ1v) is 5.99. The van der Waals surface area contributed by atoms with Crippen molar-refractivity contribution >= 4 is 5.52 Å². The lowest BCUT2D eigenvalue weighted by Crippen LogP contribution is -2.28. The van der Waals surface area contributed by atoms with E-state index in [-0.39, 0.29) is 0 Å². The Bertz CT molecular complexity index is 495. The molecule has 1 unspecified atom stereocenters. The Hall–Kier alpha value is -1.35. The summed E-state index contributed by atoms with van der Waals surface area (Å²) in [6.07, 6.45) is 4.57. The van der Waals surface area contributed by atoms with E-state index in [1.165, 1.54) is 29.6 Å². The van der Waals surface area contributed by atoms with Crippen molar-refractivity contribution in [2.45, 2.75) is 25.7 Å². The third kappa shape index (κ3) is 1.71. The second-order valence-corrected chi connectivity index (χ2v) is 4.69. The molecule has 0 aromatic carbocycles. The lowest BCUT2D eigenvalue weighted by atomic mass is 9.96. The van der Waals surface area contributed by atoms with Crippen molar-refractivity contribution < 1.29 is 0 Å². The SMILES string of the molecule is Cc1ccn2nc(C3CCCNC3)cc2c1. The van der Waals surface area contributed by atoms with Gasteiger partial charge in [-0.25, -0.2) is 4.52 Å². The molecular weight excluding hydrogens is 198 g/mol. The molecule has 3 heterocycles. The number of nitrogens with one attached hydrogen (secondary N) is 1. The second-order valence-electron chi connectivity index (χ2n) is 4.69. The van der Waals surface area contributed by atoms with Gasteiger partial charge in [0.2, 0.25) is 0 Å². The van der Waals surface area contributed by atoms with Crippen molar-refractivity contribution in [1.29, 1.82) is 0 Å². The van der Waals surface area contributed by atoms with Crippen LogP contribution < -0.4 is 5.32 Å². The van der Waals surface area contributed by atoms with E-state index in [9.17, 15) is 0 Å². The minimum Gasteiger partial charge on any atom is -0.316 e. The van der Waals surface area contributed by atoms with Gasteiger partial charge < -0.3 is 5.32 Å². The van der Waals surface area contributed by atoms with Crippen LogP contribution in [0.3, 0.4) is 0 Å². The predicted octanol–water partition coefficient (Wildman–Crippen LogP) is 2.11. The molecule has 0 bridgehead atoms. The van der Waals surface area contributed by atoms with Crippen LogP contribution in [0.15, 0.2) is 24.4 Å². The number of aryl methyl sites for hydroxylation is 1. The van der Waals surface area contributed by atoms with Crippen LogP contribution in [-0.2, 0) is 0 Å². The van der Waals surface area contributed by atoms with Gasteiger partial charge in [-0.05, 0) is 50.1 Å². The van der Waals surface area contributed by atoms with E-state index in [0.29, 0.717) is 5.92 Å². The quantitative estimate of drug-likeness (QED) is 0.789. The monoisotopic (exact) mass is 215 g/mol. The van der Waals surface area contributed by atoms with Crippen LogP contribution in [0.2, 0.25) is 0 Å². The number of piperidine rings is 1. The Balaban J connectivity index is 1.97. The first-order valence-electron chi connectivity index (χ1n) is 5.99. The molecule has 0 aliphatic carbocycles. The number of pyridine rings is 1. The molecule has 1 fully saturated rings. The number of hydrogen-bond acceptors (Lipinski definition) is 2. The number of fused-ring (bicyclic) bond motifs is 1. The zero-order chi connectivity index (χ0) is 11.0. The van der Waals surface area contributed by atoms with Gasteiger partial charge in [0.25, 0.3) is 0 Å². The Morgan fingerprint density at radius 1 is 1.44 bits per heavy atom. The Morgan fingerprint density at radius 2 is 2.38 bits per heavy atom. The largest absolute Gasteiger partial charge is 0.316 e. The average Bonchev–Trinajstić information content (AvgIpc) is 2.73. The molecule has 3 nitrogen and oxygen atoms in total. The van der Waals surface area contributed by atoms with Crippen molar-refractivity contribution in [1.82, 2.24) is 14.9 Å². The molecular formula is C13H17N3. The third-order valence-corrected chi connectivity index (χ3v) is 3.35. The minimum atomic E-state index is 0.592. The van der Waals surface area contributed by atoms with E-state index in [1.807, 2.05) is 10.7 Å². The highest BCUT2D eigenvalue weighted by molar-refractivity contribution is 5.49. The first kappa shape index (κ1) is 9.85. The van der Waals surface area contributed by atoms with Crippen molar-refractivity contribution in [3.63, 3.8) is 0 Å². The molecule has 2 aromatic rings. The van der Waals surface area contributed by atoms with E-state index in [4.69, 9.17) is 0 Å². The zero-order valence-corrected chi connectivity index (χ0v) is 9.61. The molecule has 0 amide bonds.